The predicted octanol–water partition coefficient (Wildman–Crippen LogP) is -0.462. The van der Waals surface area contributed by atoms with E-state index in [-0.39, 0.29) is 18.4 Å². The zero-order valence-corrected chi connectivity index (χ0v) is 15.5. The van der Waals surface area contributed by atoms with Gasteiger partial charge in [0, 0.05) is 52.2 Å². The highest BCUT2D eigenvalue weighted by Gasteiger charge is 2.34. The SMILES string of the molecule is CCN1CCN(CC(=O)N2CCC[C@H](CN3CCCC3=O)C2)C(=O)C1=O. The molecule has 0 spiro atoms. The summed E-state index contributed by atoms with van der Waals surface area (Å²) in [6.07, 6.45) is 3.48. The number of nitrogens with zero attached hydrogens (tertiary/aromatic N) is 4. The van der Waals surface area contributed by atoms with Gasteiger partial charge in [-0.2, -0.15) is 0 Å². The van der Waals surface area contributed by atoms with Crippen molar-refractivity contribution >= 4 is 23.6 Å². The maximum absolute atomic E-state index is 12.6. The van der Waals surface area contributed by atoms with Crippen molar-refractivity contribution in [1.29, 1.82) is 0 Å². The first-order valence-electron chi connectivity index (χ1n) is 9.63. The van der Waals surface area contributed by atoms with Crippen LogP contribution in [-0.2, 0) is 19.2 Å². The smallest absolute Gasteiger partial charge is 0.312 e. The summed E-state index contributed by atoms with van der Waals surface area (Å²) in [5.74, 6) is -0.692. The van der Waals surface area contributed by atoms with E-state index >= 15 is 0 Å². The Hall–Kier alpha value is -2.12. The van der Waals surface area contributed by atoms with Gasteiger partial charge in [-0.1, -0.05) is 0 Å². The van der Waals surface area contributed by atoms with Crippen molar-refractivity contribution in [2.24, 2.45) is 5.92 Å². The molecule has 4 amide bonds. The molecule has 3 heterocycles. The van der Waals surface area contributed by atoms with Gasteiger partial charge < -0.3 is 19.6 Å². The topological polar surface area (TPSA) is 81.2 Å². The molecule has 0 aromatic rings. The van der Waals surface area contributed by atoms with Crippen molar-refractivity contribution in [3.63, 3.8) is 0 Å². The summed E-state index contributed by atoms with van der Waals surface area (Å²) in [7, 11) is 0. The summed E-state index contributed by atoms with van der Waals surface area (Å²) in [6.45, 7) is 6.05. The number of carbonyl (C=O) groups is 4. The zero-order chi connectivity index (χ0) is 18.7. The number of amides is 4. The number of likely N-dealkylation sites (N-methyl/N-ethyl adjacent to an activating group) is 1. The first-order chi connectivity index (χ1) is 12.5. The van der Waals surface area contributed by atoms with Crippen molar-refractivity contribution in [2.45, 2.75) is 32.6 Å². The molecule has 0 aromatic carbocycles. The number of piperazine rings is 1. The Balaban J connectivity index is 1.52. The monoisotopic (exact) mass is 364 g/mol. The van der Waals surface area contributed by atoms with Crippen LogP contribution in [0.1, 0.15) is 32.6 Å². The molecule has 144 valence electrons. The molecule has 0 aromatic heterocycles. The summed E-state index contributed by atoms with van der Waals surface area (Å²) < 4.78 is 0. The molecule has 0 aliphatic carbocycles. The van der Waals surface area contributed by atoms with E-state index in [1.54, 1.807) is 4.90 Å². The Kier molecular flexibility index (Phi) is 5.78. The van der Waals surface area contributed by atoms with Crippen LogP contribution in [0.25, 0.3) is 0 Å². The summed E-state index contributed by atoms with van der Waals surface area (Å²) in [5.41, 5.74) is 0. The van der Waals surface area contributed by atoms with E-state index in [9.17, 15) is 19.2 Å². The fraction of sp³-hybridized carbons (Fsp3) is 0.778. The van der Waals surface area contributed by atoms with E-state index in [0.29, 0.717) is 45.1 Å². The number of likely N-dealkylation sites (tertiary alicyclic amines) is 2. The van der Waals surface area contributed by atoms with Crippen molar-refractivity contribution in [2.75, 3.05) is 52.4 Å². The molecule has 0 N–H and O–H groups in total. The van der Waals surface area contributed by atoms with E-state index in [1.807, 2.05) is 11.8 Å². The summed E-state index contributed by atoms with van der Waals surface area (Å²) in [4.78, 5) is 55.2. The fourth-order valence-electron chi connectivity index (χ4n) is 4.08. The van der Waals surface area contributed by atoms with Gasteiger partial charge in [-0.05, 0) is 32.1 Å². The van der Waals surface area contributed by atoms with Crippen LogP contribution in [0.4, 0.5) is 0 Å². The molecule has 26 heavy (non-hydrogen) atoms. The molecule has 3 rings (SSSR count). The summed E-state index contributed by atoms with van der Waals surface area (Å²) in [6, 6.07) is 0. The van der Waals surface area contributed by atoms with Crippen molar-refractivity contribution in [3.05, 3.63) is 0 Å². The molecular formula is C18H28N4O4. The average molecular weight is 364 g/mol. The predicted molar refractivity (Wildman–Crippen MR) is 94.0 cm³/mol. The Labute approximate surface area is 154 Å². The van der Waals surface area contributed by atoms with Gasteiger partial charge in [0.05, 0.1) is 0 Å². The van der Waals surface area contributed by atoms with Gasteiger partial charge >= 0.3 is 11.8 Å². The van der Waals surface area contributed by atoms with Crippen molar-refractivity contribution in [1.82, 2.24) is 19.6 Å². The zero-order valence-electron chi connectivity index (χ0n) is 15.5. The lowest BCUT2D eigenvalue weighted by Gasteiger charge is -2.37. The normalized spacial score (nSPS) is 24.7. The fourth-order valence-corrected chi connectivity index (χ4v) is 4.08. The van der Waals surface area contributed by atoms with E-state index in [0.717, 1.165) is 32.4 Å². The minimum Gasteiger partial charge on any atom is -0.342 e. The Morgan fingerprint density at radius 1 is 0.962 bits per heavy atom. The number of hydrogen-bond donors (Lipinski definition) is 0. The molecule has 0 bridgehead atoms. The second-order valence-corrected chi connectivity index (χ2v) is 7.40. The number of hydrogen-bond acceptors (Lipinski definition) is 4. The maximum Gasteiger partial charge on any atom is 0.312 e. The minimum atomic E-state index is -0.581. The van der Waals surface area contributed by atoms with Gasteiger partial charge in [-0.25, -0.2) is 0 Å². The van der Waals surface area contributed by atoms with Gasteiger partial charge in [-0.3, -0.25) is 19.2 Å². The van der Waals surface area contributed by atoms with Gasteiger partial charge in [0.25, 0.3) is 0 Å². The van der Waals surface area contributed by atoms with E-state index in [1.165, 1.54) is 9.80 Å². The molecule has 0 radical (unpaired) electrons. The third-order valence-electron chi connectivity index (χ3n) is 5.63. The molecule has 0 saturated carbocycles. The highest BCUT2D eigenvalue weighted by atomic mass is 16.2. The lowest BCUT2D eigenvalue weighted by molar-refractivity contribution is -0.157. The molecule has 3 fully saturated rings. The van der Waals surface area contributed by atoms with Gasteiger partial charge in [-0.15, -0.1) is 0 Å². The van der Waals surface area contributed by atoms with Crippen LogP contribution in [-0.4, -0.2) is 95.6 Å². The average Bonchev–Trinajstić information content (AvgIpc) is 3.04. The van der Waals surface area contributed by atoms with Crippen LogP contribution in [0.15, 0.2) is 0 Å². The highest BCUT2D eigenvalue weighted by Crippen LogP contribution is 2.21. The van der Waals surface area contributed by atoms with Gasteiger partial charge in [0.1, 0.15) is 6.54 Å². The first kappa shape index (κ1) is 18.7. The van der Waals surface area contributed by atoms with Crippen LogP contribution in [0, 0.1) is 5.92 Å². The lowest BCUT2D eigenvalue weighted by atomic mass is 9.97. The minimum absolute atomic E-state index is 0.0303. The van der Waals surface area contributed by atoms with Crippen molar-refractivity contribution in [3.8, 4) is 0 Å². The van der Waals surface area contributed by atoms with Crippen LogP contribution >= 0.6 is 0 Å². The first-order valence-corrected chi connectivity index (χ1v) is 9.63. The highest BCUT2D eigenvalue weighted by molar-refractivity contribution is 6.35. The van der Waals surface area contributed by atoms with Crippen LogP contribution in [0.2, 0.25) is 0 Å². The molecule has 3 aliphatic heterocycles. The molecule has 3 saturated heterocycles. The largest absolute Gasteiger partial charge is 0.342 e. The van der Waals surface area contributed by atoms with Crippen LogP contribution in [0.5, 0.6) is 0 Å². The summed E-state index contributed by atoms with van der Waals surface area (Å²) in [5, 5.41) is 0. The Morgan fingerprint density at radius 2 is 1.69 bits per heavy atom. The van der Waals surface area contributed by atoms with Crippen LogP contribution < -0.4 is 0 Å². The molecular weight excluding hydrogens is 336 g/mol. The van der Waals surface area contributed by atoms with Gasteiger partial charge in [0.2, 0.25) is 11.8 Å². The molecule has 1 atom stereocenters. The van der Waals surface area contributed by atoms with Crippen LogP contribution in [0.3, 0.4) is 0 Å². The summed E-state index contributed by atoms with van der Waals surface area (Å²) >= 11 is 0. The third kappa shape index (κ3) is 3.99. The molecule has 3 aliphatic rings. The Morgan fingerprint density at radius 3 is 2.38 bits per heavy atom. The number of carbonyl (C=O) groups excluding carboxylic acids is 4. The molecule has 8 nitrogen and oxygen atoms in total. The third-order valence-corrected chi connectivity index (χ3v) is 5.63. The van der Waals surface area contributed by atoms with Gasteiger partial charge in [0.15, 0.2) is 0 Å². The standard InChI is InChI=1S/C18H28N4O4/c1-2-19-9-10-22(18(26)17(19)25)13-16(24)21-7-3-5-14(12-21)11-20-8-4-6-15(20)23/h14H,2-13H2,1H3/t14-/m1/s1. The lowest BCUT2D eigenvalue weighted by Crippen LogP contribution is -2.57. The van der Waals surface area contributed by atoms with E-state index in [2.05, 4.69) is 0 Å². The quantitative estimate of drug-likeness (QED) is 0.618. The maximum atomic E-state index is 12.6. The molecule has 8 heteroatoms. The second kappa shape index (κ2) is 8.05. The number of rotatable bonds is 5. The molecule has 0 unspecified atom stereocenters. The van der Waals surface area contributed by atoms with E-state index in [4.69, 9.17) is 0 Å². The second-order valence-electron chi connectivity index (χ2n) is 7.40. The number of piperidine rings is 1. The van der Waals surface area contributed by atoms with E-state index < -0.39 is 11.8 Å². The van der Waals surface area contributed by atoms with Crippen molar-refractivity contribution < 1.29 is 19.2 Å². The Bertz CT molecular complexity index is 594.